The third-order valence-electron chi connectivity index (χ3n) is 1.83. The van der Waals surface area contributed by atoms with Crippen molar-refractivity contribution in [2.75, 3.05) is 6.61 Å². The molecule has 0 amide bonds. The third kappa shape index (κ3) is 4.17. The average Bonchev–Trinajstić information content (AvgIpc) is 2.27. The number of rotatable bonds is 5. The molecular weight excluding hydrogens is 204 g/mol. The third-order valence-corrected chi connectivity index (χ3v) is 1.83. The lowest BCUT2D eigenvalue weighted by Crippen LogP contribution is -2.22. The lowest BCUT2D eigenvalue weighted by Gasteiger charge is -2.14. The van der Waals surface area contributed by atoms with Gasteiger partial charge < -0.3 is 9.47 Å². The molecule has 1 aromatic carbocycles. The van der Waals surface area contributed by atoms with E-state index in [0.29, 0.717) is 12.2 Å². The summed E-state index contributed by atoms with van der Waals surface area (Å²) >= 11 is 0. The minimum atomic E-state index is -0.391. The standard InChI is InChI=1S/C13H15O3/c1-10(2)13(14)16-11(3)9-15-12-7-5-4-6-8-12/h5-8,11H,1,9H2,2-3H3. The van der Waals surface area contributed by atoms with Gasteiger partial charge in [-0.05, 0) is 32.0 Å². The number of benzene rings is 1. The van der Waals surface area contributed by atoms with Crippen LogP contribution >= 0.6 is 0 Å². The van der Waals surface area contributed by atoms with E-state index in [-0.39, 0.29) is 6.10 Å². The molecule has 1 aromatic rings. The molecule has 0 aromatic heterocycles. The Kier molecular flexibility index (Phi) is 4.58. The summed E-state index contributed by atoms with van der Waals surface area (Å²) < 4.78 is 10.5. The number of hydrogen-bond donors (Lipinski definition) is 0. The first-order chi connectivity index (χ1) is 7.59. The molecule has 0 aliphatic heterocycles. The van der Waals surface area contributed by atoms with Gasteiger partial charge in [-0.15, -0.1) is 0 Å². The molecule has 0 spiro atoms. The zero-order valence-corrected chi connectivity index (χ0v) is 9.53. The highest BCUT2D eigenvalue weighted by molar-refractivity contribution is 5.87. The van der Waals surface area contributed by atoms with Crippen LogP contribution in [0.4, 0.5) is 0 Å². The molecule has 0 saturated heterocycles. The van der Waals surface area contributed by atoms with Crippen molar-refractivity contribution in [3.8, 4) is 5.75 Å². The highest BCUT2D eigenvalue weighted by Gasteiger charge is 2.10. The van der Waals surface area contributed by atoms with Gasteiger partial charge in [0.05, 0.1) is 0 Å². The summed E-state index contributed by atoms with van der Waals surface area (Å²) in [5.74, 6) is 0.342. The Labute approximate surface area is 95.7 Å². The summed E-state index contributed by atoms with van der Waals surface area (Å²) in [6, 6.07) is 10.0. The van der Waals surface area contributed by atoms with E-state index >= 15 is 0 Å². The second-order valence-corrected chi connectivity index (χ2v) is 3.54. The van der Waals surface area contributed by atoms with Gasteiger partial charge in [0.2, 0.25) is 0 Å². The van der Waals surface area contributed by atoms with Gasteiger partial charge in [-0.3, -0.25) is 0 Å². The van der Waals surface area contributed by atoms with Gasteiger partial charge in [-0.25, -0.2) is 4.79 Å². The quantitative estimate of drug-likeness (QED) is 0.563. The van der Waals surface area contributed by atoms with Gasteiger partial charge in [0.25, 0.3) is 0 Å². The van der Waals surface area contributed by atoms with Crippen LogP contribution in [0.1, 0.15) is 13.8 Å². The summed E-state index contributed by atoms with van der Waals surface area (Å²) in [4.78, 5) is 11.2. The summed E-state index contributed by atoms with van der Waals surface area (Å²) in [5, 5.41) is 0. The Balaban J connectivity index is 2.33. The van der Waals surface area contributed by atoms with Gasteiger partial charge >= 0.3 is 5.97 Å². The molecule has 0 N–H and O–H groups in total. The maximum Gasteiger partial charge on any atom is 0.333 e. The molecule has 16 heavy (non-hydrogen) atoms. The van der Waals surface area contributed by atoms with Crippen molar-refractivity contribution in [2.45, 2.75) is 20.0 Å². The van der Waals surface area contributed by atoms with E-state index in [9.17, 15) is 4.79 Å². The van der Waals surface area contributed by atoms with Crippen LogP contribution < -0.4 is 4.74 Å². The first-order valence-electron chi connectivity index (χ1n) is 5.05. The predicted octanol–water partition coefficient (Wildman–Crippen LogP) is 2.37. The topological polar surface area (TPSA) is 35.5 Å². The van der Waals surface area contributed by atoms with Crippen LogP contribution in [0.3, 0.4) is 0 Å². The average molecular weight is 219 g/mol. The van der Waals surface area contributed by atoms with Crippen molar-refractivity contribution in [1.29, 1.82) is 0 Å². The van der Waals surface area contributed by atoms with Gasteiger partial charge in [0.1, 0.15) is 18.5 Å². The first kappa shape index (κ1) is 12.3. The summed E-state index contributed by atoms with van der Waals surface area (Å²) in [7, 11) is 0. The number of ether oxygens (including phenoxy) is 2. The van der Waals surface area contributed by atoms with Crippen molar-refractivity contribution in [3.05, 3.63) is 42.5 Å². The molecule has 3 heteroatoms. The normalized spacial score (nSPS) is 11.6. The summed E-state index contributed by atoms with van der Waals surface area (Å²) in [6.07, 6.45) is -0.298. The molecule has 0 saturated carbocycles. The zero-order chi connectivity index (χ0) is 12.0. The van der Waals surface area contributed by atoms with Gasteiger partial charge in [-0.2, -0.15) is 0 Å². The number of carbonyl (C=O) groups excluding carboxylic acids is 1. The Morgan fingerprint density at radius 1 is 1.50 bits per heavy atom. The smallest absolute Gasteiger partial charge is 0.333 e. The predicted molar refractivity (Wildman–Crippen MR) is 61.1 cm³/mol. The number of esters is 1. The minimum absolute atomic E-state index is 0.298. The fraction of sp³-hybridized carbons (Fsp3) is 0.308. The number of carbonyl (C=O) groups is 1. The molecule has 1 radical (unpaired) electrons. The lowest BCUT2D eigenvalue weighted by molar-refractivity contribution is -0.144. The van der Waals surface area contributed by atoms with Crippen molar-refractivity contribution in [3.63, 3.8) is 0 Å². The van der Waals surface area contributed by atoms with E-state index in [4.69, 9.17) is 9.47 Å². The SMILES string of the molecule is C=C(C)C(=O)OC(C)COc1cc[c]cc1. The van der Waals surface area contributed by atoms with Crippen LogP contribution in [0.2, 0.25) is 0 Å². The van der Waals surface area contributed by atoms with Crippen molar-refractivity contribution < 1.29 is 14.3 Å². The van der Waals surface area contributed by atoms with Crippen LogP contribution in [0.15, 0.2) is 36.4 Å². The van der Waals surface area contributed by atoms with Crippen molar-refractivity contribution in [1.82, 2.24) is 0 Å². The molecule has 0 aliphatic rings. The molecule has 0 bridgehead atoms. The molecule has 1 rings (SSSR count). The largest absolute Gasteiger partial charge is 0.490 e. The van der Waals surface area contributed by atoms with E-state index in [1.165, 1.54) is 0 Å². The molecule has 1 atom stereocenters. The summed E-state index contributed by atoms with van der Waals surface area (Å²) in [5.41, 5.74) is 0.390. The molecular formula is C13H15O3. The fourth-order valence-corrected chi connectivity index (χ4v) is 0.999. The maximum atomic E-state index is 11.2. The molecule has 85 valence electrons. The highest BCUT2D eigenvalue weighted by Crippen LogP contribution is 2.09. The van der Waals surface area contributed by atoms with Crippen LogP contribution in [0.5, 0.6) is 5.75 Å². The zero-order valence-electron chi connectivity index (χ0n) is 9.53. The lowest BCUT2D eigenvalue weighted by atomic mass is 10.3. The maximum absolute atomic E-state index is 11.2. The Bertz CT molecular complexity index is 357. The monoisotopic (exact) mass is 219 g/mol. The van der Waals surface area contributed by atoms with E-state index in [2.05, 4.69) is 12.6 Å². The van der Waals surface area contributed by atoms with Crippen LogP contribution in [-0.4, -0.2) is 18.7 Å². The number of hydrogen-bond acceptors (Lipinski definition) is 3. The molecule has 3 nitrogen and oxygen atoms in total. The fourth-order valence-electron chi connectivity index (χ4n) is 0.999. The highest BCUT2D eigenvalue weighted by atomic mass is 16.6. The van der Waals surface area contributed by atoms with E-state index in [0.717, 1.165) is 5.75 Å². The van der Waals surface area contributed by atoms with Crippen LogP contribution in [-0.2, 0) is 9.53 Å². The van der Waals surface area contributed by atoms with Crippen LogP contribution in [0, 0.1) is 6.07 Å². The molecule has 0 aliphatic carbocycles. The second-order valence-electron chi connectivity index (χ2n) is 3.54. The van der Waals surface area contributed by atoms with Gasteiger partial charge in [0.15, 0.2) is 0 Å². The second kappa shape index (κ2) is 5.95. The van der Waals surface area contributed by atoms with E-state index in [1.807, 2.05) is 0 Å². The van der Waals surface area contributed by atoms with Crippen LogP contribution in [0.25, 0.3) is 0 Å². The minimum Gasteiger partial charge on any atom is -0.490 e. The molecule has 0 heterocycles. The van der Waals surface area contributed by atoms with Gasteiger partial charge in [-0.1, -0.05) is 18.7 Å². The van der Waals surface area contributed by atoms with Gasteiger partial charge in [0, 0.05) is 5.57 Å². The van der Waals surface area contributed by atoms with E-state index < -0.39 is 5.97 Å². The first-order valence-corrected chi connectivity index (χ1v) is 5.05. The van der Waals surface area contributed by atoms with Crippen molar-refractivity contribution in [2.24, 2.45) is 0 Å². The van der Waals surface area contributed by atoms with E-state index in [1.54, 1.807) is 38.1 Å². The Morgan fingerprint density at radius 2 is 2.12 bits per heavy atom. The molecule has 1 unspecified atom stereocenters. The van der Waals surface area contributed by atoms with Crippen molar-refractivity contribution >= 4 is 5.97 Å². The molecule has 0 fully saturated rings. The summed E-state index contributed by atoms with van der Waals surface area (Å²) in [6.45, 7) is 7.22. The Morgan fingerprint density at radius 3 is 2.69 bits per heavy atom. The Hall–Kier alpha value is -1.77.